The Hall–Kier alpha value is -1.08. The Labute approximate surface area is 96.4 Å². The summed E-state index contributed by atoms with van der Waals surface area (Å²) < 4.78 is 14.1. The lowest BCUT2D eigenvalue weighted by molar-refractivity contribution is 0.616. The van der Waals surface area contributed by atoms with E-state index in [1.807, 2.05) is 11.0 Å². The second-order valence-electron chi connectivity index (χ2n) is 3.57. The molecule has 78 valence electrons. The van der Waals surface area contributed by atoms with Crippen molar-refractivity contribution in [2.75, 3.05) is 18.0 Å². The second kappa shape index (κ2) is 4.19. The summed E-state index contributed by atoms with van der Waals surface area (Å²) >= 11 is 3.11. The topological polar surface area (TPSA) is 27.0 Å². The maximum atomic E-state index is 13.9. The highest BCUT2D eigenvalue weighted by molar-refractivity contribution is 9.10. The predicted octanol–water partition coefficient (Wildman–Crippen LogP) is 3.06. The number of hydrogen-bond acceptors (Lipinski definition) is 2. The van der Waals surface area contributed by atoms with Crippen LogP contribution in [-0.4, -0.2) is 13.1 Å². The molecule has 2 rings (SSSR count). The molecule has 0 aromatic heterocycles. The predicted molar refractivity (Wildman–Crippen MR) is 60.3 cm³/mol. The first-order valence-electron chi connectivity index (χ1n) is 4.87. The summed E-state index contributed by atoms with van der Waals surface area (Å²) in [4.78, 5) is 2.02. The number of benzene rings is 1. The van der Waals surface area contributed by atoms with Gasteiger partial charge in [-0.1, -0.05) is 0 Å². The summed E-state index contributed by atoms with van der Waals surface area (Å²) in [6.45, 7) is 1.80. The number of halogens is 2. The maximum absolute atomic E-state index is 13.9. The van der Waals surface area contributed by atoms with Gasteiger partial charge in [-0.3, -0.25) is 0 Å². The molecule has 1 heterocycles. The van der Waals surface area contributed by atoms with Gasteiger partial charge in [0.05, 0.1) is 15.7 Å². The first-order valence-corrected chi connectivity index (χ1v) is 5.66. The first-order chi connectivity index (χ1) is 7.24. The minimum atomic E-state index is -0.323. The van der Waals surface area contributed by atoms with E-state index in [-0.39, 0.29) is 10.3 Å². The van der Waals surface area contributed by atoms with Gasteiger partial charge in [-0.15, -0.1) is 0 Å². The van der Waals surface area contributed by atoms with Gasteiger partial charge in [0.25, 0.3) is 0 Å². The molecule has 0 N–H and O–H groups in total. The zero-order chi connectivity index (χ0) is 10.8. The lowest BCUT2D eigenvalue weighted by Gasteiger charge is -2.18. The Kier molecular flexibility index (Phi) is 2.92. The van der Waals surface area contributed by atoms with Crippen LogP contribution in [0.3, 0.4) is 0 Å². The lowest BCUT2D eigenvalue weighted by atomic mass is 10.2. The summed E-state index contributed by atoms with van der Waals surface area (Å²) in [6, 6.07) is 5.29. The van der Waals surface area contributed by atoms with Gasteiger partial charge >= 0.3 is 0 Å². The number of hydrogen-bond donors (Lipinski definition) is 0. The molecule has 4 heteroatoms. The van der Waals surface area contributed by atoms with E-state index in [4.69, 9.17) is 5.26 Å². The van der Waals surface area contributed by atoms with Crippen molar-refractivity contribution in [3.63, 3.8) is 0 Å². The highest BCUT2D eigenvalue weighted by Gasteiger charge is 2.19. The molecule has 1 aliphatic heterocycles. The van der Waals surface area contributed by atoms with Gasteiger partial charge in [0, 0.05) is 13.1 Å². The van der Waals surface area contributed by atoms with Crippen molar-refractivity contribution in [3.8, 4) is 6.07 Å². The van der Waals surface area contributed by atoms with E-state index in [9.17, 15) is 4.39 Å². The molecule has 0 unspecified atom stereocenters. The fourth-order valence-corrected chi connectivity index (χ4v) is 2.25. The monoisotopic (exact) mass is 268 g/mol. The molecule has 0 atom stereocenters. The maximum Gasteiger partial charge on any atom is 0.161 e. The van der Waals surface area contributed by atoms with Crippen molar-refractivity contribution in [1.82, 2.24) is 0 Å². The van der Waals surface area contributed by atoms with E-state index < -0.39 is 0 Å². The number of rotatable bonds is 1. The van der Waals surface area contributed by atoms with E-state index in [0.29, 0.717) is 11.3 Å². The Bertz CT molecular complexity index is 419. The fraction of sp³-hybridized carbons (Fsp3) is 0.364. The fourth-order valence-electron chi connectivity index (χ4n) is 1.83. The quantitative estimate of drug-likeness (QED) is 0.783. The molecular formula is C11H10BrFN2. The van der Waals surface area contributed by atoms with Gasteiger partial charge in [-0.25, -0.2) is 4.39 Å². The summed E-state index contributed by atoms with van der Waals surface area (Å²) in [5.74, 6) is -0.323. The molecule has 1 aromatic rings. The van der Waals surface area contributed by atoms with Gasteiger partial charge in [0.2, 0.25) is 0 Å². The molecule has 0 radical (unpaired) electrons. The van der Waals surface area contributed by atoms with Crippen molar-refractivity contribution in [3.05, 3.63) is 28.0 Å². The molecule has 0 aliphatic carbocycles. The second-order valence-corrected chi connectivity index (χ2v) is 4.36. The SMILES string of the molecule is N#Cc1ccc(N2CCCC2)c(F)c1Br. The van der Waals surface area contributed by atoms with Crippen molar-refractivity contribution in [2.45, 2.75) is 12.8 Å². The van der Waals surface area contributed by atoms with Crippen LogP contribution < -0.4 is 4.90 Å². The van der Waals surface area contributed by atoms with Gasteiger partial charge in [0.1, 0.15) is 6.07 Å². The van der Waals surface area contributed by atoms with Crippen LogP contribution >= 0.6 is 15.9 Å². The van der Waals surface area contributed by atoms with Crippen LogP contribution in [0, 0.1) is 17.1 Å². The summed E-state index contributed by atoms with van der Waals surface area (Å²) in [7, 11) is 0. The minimum absolute atomic E-state index is 0.273. The zero-order valence-electron chi connectivity index (χ0n) is 8.13. The lowest BCUT2D eigenvalue weighted by Crippen LogP contribution is -2.19. The van der Waals surface area contributed by atoms with Crippen LogP contribution in [0.1, 0.15) is 18.4 Å². The van der Waals surface area contributed by atoms with Crippen LogP contribution in [0.25, 0.3) is 0 Å². The Morgan fingerprint density at radius 3 is 2.60 bits per heavy atom. The smallest absolute Gasteiger partial charge is 0.161 e. The number of nitrogens with zero attached hydrogens (tertiary/aromatic N) is 2. The van der Waals surface area contributed by atoms with Crippen molar-refractivity contribution in [2.24, 2.45) is 0 Å². The molecule has 1 fully saturated rings. The Morgan fingerprint density at radius 1 is 1.33 bits per heavy atom. The van der Waals surface area contributed by atoms with Gasteiger partial charge in [0.15, 0.2) is 5.82 Å². The van der Waals surface area contributed by atoms with Crippen LogP contribution in [-0.2, 0) is 0 Å². The van der Waals surface area contributed by atoms with Gasteiger partial charge < -0.3 is 4.90 Å². The number of anilines is 1. The molecule has 1 aromatic carbocycles. The highest BCUT2D eigenvalue weighted by atomic mass is 79.9. The first kappa shape index (κ1) is 10.4. The molecule has 1 aliphatic rings. The molecule has 0 saturated carbocycles. The largest absolute Gasteiger partial charge is 0.369 e. The average Bonchev–Trinajstić information content (AvgIpc) is 2.75. The van der Waals surface area contributed by atoms with Crippen LogP contribution in [0.4, 0.5) is 10.1 Å². The van der Waals surface area contributed by atoms with Gasteiger partial charge in [-0.2, -0.15) is 5.26 Å². The van der Waals surface area contributed by atoms with Crippen molar-refractivity contribution < 1.29 is 4.39 Å². The van der Waals surface area contributed by atoms with Crippen molar-refractivity contribution >= 4 is 21.6 Å². The number of nitriles is 1. The van der Waals surface area contributed by atoms with E-state index in [1.165, 1.54) is 0 Å². The van der Waals surface area contributed by atoms with E-state index in [0.717, 1.165) is 25.9 Å². The van der Waals surface area contributed by atoms with Crippen LogP contribution in [0.5, 0.6) is 0 Å². The van der Waals surface area contributed by atoms with Gasteiger partial charge in [-0.05, 0) is 40.9 Å². The standard InChI is InChI=1S/C11H10BrFN2/c12-10-8(7-14)3-4-9(11(10)13)15-5-1-2-6-15/h3-4H,1-2,5-6H2. The normalized spacial score (nSPS) is 15.4. The molecular weight excluding hydrogens is 259 g/mol. The molecule has 2 nitrogen and oxygen atoms in total. The molecule has 0 amide bonds. The van der Waals surface area contributed by atoms with Crippen LogP contribution in [0.2, 0.25) is 0 Å². The van der Waals surface area contributed by atoms with Crippen molar-refractivity contribution in [1.29, 1.82) is 5.26 Å². The average molecular weight is 269 g/mol. The molecule has 15 heavy (non-hydrogen) atoms. The summed E-state index contributed by atoms with van der Waals surface area (Å²) in [6.07, 6.45) is 2.22. The minimum Gasteiger partial charge on any atom is -0.369 e. The summed E-state index contributed by atoms with van der Waals surface area (Å²) in [5, 5.41) is 8.74. The molecule has 0 bridgehead atoms. The Balaban J connectivity index is 2.42. The zero-order valence-corrected chi connectivity index (χ0v) is 9.72. The molecule has 0 spiro atoms. The third kappa shape index (κ3) is 1.84. The van der Waals surface area contributed by atoms with E-state index in [1.54, 1.807) is 12.1 Å². The van der Waals surface area contributed by atoms with E-state index >= 15 is 0 Å². The molecule has 1 saturated heterocycles. The third-order valence-electron chi connectivity index (χ3n) is 2.63. The highest BCUT2D eigenvalue weighted by Crippen LogP contribution is 2.30. The van der Waals surface area contributed by atoms with Crippen LogP contribution in [0.15, 0.2) is 16.6 Å². The third-order valence-corrected chi connectivity index (χ3v) is 3.40. The summed E-state index contributed by atoms with van der Waals surface area (Å²) in [5.41, 5.74) is 0.939. The van der Waals surface area contributed by atoms with E-state index in [2.05, 4.69) is 15.9 Å². The Morgan fingerprint density at radius 2 is 2.00 bits per heavy atom.